The van der Waals surface area contributed by atoms with Gasteiger partial charge in [-0.2, -0.15) is 0 Å². The second-order valence-electron chi connectivity index (χ2n) is 5.80. The molecule has 0 atom stereocenters. The lowest BCUT2D eigenvalue weighted by molar-refractivity contribution is 0.102. The van der Waals surface area contributed by atoms with Crippen molar-refractivity contribution in [3.05, 3.63) is 83.1 Å². The number of para-hydroxylation sites is 2. The van der Waals surface area contributed by atoms with Crippen LogP contribution < -0.4 is 15.4 Å². The average Bonchev–Trinajstić information content (AvgIpc) is 2.69. The fourth-order valence-electron chi connectivity index (χ4n) is 2.48. The highest BCUT2D eigenvalue weighted by Crippen LogP contribution is 2.24. The Bertz CT molecular complexity index is 896. The van der Waals surface area contributed by atoms with Crippen molar-refractivity contribution in [3.8, 4) is 5.75 Å². The van der Waals surface area contributed by atoms with Gasteiger partial charge in [0, 0.05) is 11.6 Å². The molecule has 138 valence electrons. The molecule has 3 aromatic rings. The number of ether oxygens (including phenoxy) is 1. The highest BCUT2D eigenvalue weighted by molar-refractivity contribution is 6.30. The fourth-order valence-corrected chi connectivity index (χ4v) is 2.60. The molecule has 0 bridgehead atoms. The maximum atomic E-state index is 12.4. The van der Waals surface area contributed by atoms with E-state index in [1.807, 2.05) is 55.5 Å². The minimum atomic E-state index is -0.286. The molecule has 0 fully saturated rings. The van der Waals surface area contributed by atoms with Crippen LogP contribution in [0.4, 0.5) is 11.4 Å². The summed E-state index contributed by atoms with van der Waals surface area (Å²) < 4.78 is 5.52. The molecule has 6 heteroatoms. The number of carbonyl (C=O) groups is 1. The standard InChI is InChI=1S/C21H20ClN3O2/c1-2-27-20-6-4-3-5-18(20)25-21(26)19-12-11-17(14-24-19)23-13-15-7-9-16(22)10-8-15/h3-12,14,23H,2,13H2,1H3,(H,25,26). The third-order valence-corrected chi connectivity index (χ3v) is 4.09. The maximum absolute atomic E-state index is 12.4. The molecule has 2 aromatic carbocycles. The minimum Gasteiger partial charge on any atom is -0.492 e. The number of nitrogens with zero attached hydrogens (tertiary/aromatic N) is 1. The van der Waals surface area contributed by atoms with Gasteiger partial charge in [0.2, 0.25) is 0 Å². The second kappa shape index (κ2) is 9.05. The molecule has 27 heavy (non-hydrogen) atoms. The van der Waals surface area contributed by atoms with Crippen molar-refractivity contribution in [2.75, 3.05) is 17.2 Å². The number of rotatable bonds is 7. The fraction of sp³-hybridized carbons (Fsp3) is 0.143. The van der Waals surface area contributed by atoms with Crippen LogP contribution in [0.5, 0.6) is 5.75 Å². The molecule has 1 heterocycles. The van der Waals surface area contributed by atoms with Crippen LogP contribution >= 0.6 is 11.6 Å². The monoisotopic (exact) mass is 381 g/mol. The van der Waals surface area contributed by atoms with E-state index in [9.17, 15) is 4.79 Å². The Labute approximate surface area is 163 Å². The van der Waals surface area contributed by atoms with E-state index in [1.54, 1.807) is 18.3 Å². The highest BCUT2D eigenvalue weighted by atomic mass is 35.5. The van der Waals surface area contributed by atoms with Crippen LogP contribution in [0.1, 0.15) is 23.0 Å². The quantitative estimate of drug-likeness (QED) is 0.604. The normalized spacial score (nSPS) is 10.3. The van der Waals surface area contributed by atoms with E-state index < -0.39 is 0 Å². The number of pyridine rings is 1. The van der Waals surface area contributed by atoms with Crippen LogP contribution in [0, 0.1) is 0 Å². The Morgan fingerprint density at radius 1 is 1.07 bits per heavy atom. The summed E-state index contributed by atoms with van der Waals surface area (Å²) in [5, 5.41) is 6.81. The van der Waals surface area contributed by atoms with Gasteiger partial charge in [0.05, 0.1) is 24.2 Å². The molecule has 0 saturated carbocycles. The van der Waals surface area contributed by atoms with Crippen molar-refractivity contribution in [2.24, 2.45) is 0 Å². The number of aromatic nitrogens is 1. The average molecular weight is 382 g/mol. The first kappa shape index (κ1) is 18.7. The summed E-state index contributed by atoms with van der Waals surface area (Å²) in [5.74, 6) is 0.348. The number of hydrogen-bond acceptors (Lipinski definition) is 4. The van der Waals surface area contributed by atoms with E-state index in [1.165, 1.54) is 0 Å². The van der Waals surface area contributed by atoms with Crippen LogP contribution in [0.25, 0.3) is 0 Å². The molecule has 0 spiro atoms. The molecule has 1 amide bonds. The molecular weight excluding hydrogens is 362 g/mol. The van der Waals surface area contributed by atoms with E-state index in [0.717, 1.165) is 11.3 Å². The second-order valence-corrected chi connectivity index (χ2v) is 6.23. The number of anilines is 2. The molecule has 1 aromatic heterocycles. The molecular formula is C21H20ClN3O2. The summed E-state index contributed by atoms with van der Waals surface area (Å²) in [4.78, 5) is 16.7. The van der Waals surface area contributed by atoms with Crippen LogP contribution in [-0.2, 0) is 6.54 Å². The Morgan fingerprint density at radius 3 is 2.56 bits per heavy atom. The molecule has 0 saturated heterocycles. The van der Waals surface area contributed by atoms with E-state index >= 15 is 0 Å². The predicted octanol–water partition coefficient (Wildman–Crippen LogP) is 5.00. The first-order valence-corrected chi connectivity index (χ1v) is 9.01. The number of amides is 1. The van der Waals surface area contributed by atoms with Crippen molar-refractivity contribution in [2.45, 2.75) is 13.5 Å². The lowest BCUT2D eigenvalue weighted by Gasteiger charge is -2.11. The summed E-state index contributed by atoms with van der Waals surface area (Å²) in [7, 11) is 0. The molecule has 3 rings (SSSR count). The number of hydrogen-bond donors (Lipinski definition) is 2. The van der Waals surface area contributed by atoms with Gasteiger partial charge >= 0.3 is 0 Å². The summed E-state index contributed by atoms with van der Waals surface area (Å²) >= 11 is 5.89. The van der Waals surface area contributed by atoms with Crippen molar-refractivity contribution in [1.29, 1.82) is 0 Å². The first-order valence-electron chi connectivity index (χ1n) is 8.63. The smallest absolute Gasteiger partial charge is 0.274 e. The lowest BCUT2D eigenvalue weighted by atomic mass is 10.2. The molecule has 0 aliphatic heterocycles. The van der Waals surface area contributed by atoms with E-state index in [4.69, 9.17) is 16.3 Å². The van der Waals surface area contributed by atoms with E-state index in [-0.39, 0.29) is 5.91 Å². The summed E-state index contributed by atoms with van der Waals surface area (Å²) in [6, 6.07) is 18.4. The Balaban J connectivity index is 1.61. The zero-order valence-corrected chi connectivity index (χ0v) is 15.7. The Kier molecular flexibility index (Phi) is 6.28. The highest BCUT2D eigenvalue weighted by Gasteiger charge is 2.10. The number of carbonyl (C=O) groups excluding carboxylic acids is 1. The number of benzene rings is 2. The van der Waals surface area contributed by atoms with Crippen LogP contribution in [0.15, 0.2) is 66.9 Å². The third kappa shape index (κ3) is 5.21. The Hall–Kier alpha value is -3.05. The number of nitrogens with one attached hydrogen (secondary N) is 2. The van der Waals surface area contributed by atoms with Gasteiger partial charge in [-0.05, 0) is 48.9 Å². The van der Waals surface area contributed by atoms with Crippen LogP contribution in [0.3, 0.4) is 0 Å². The Morgan fingerprint density at radius 2 is 1.85 bits per heavy atom. The van der Waals surface area contributed by atoms with Crippen LogP contribution in [-0.4, -0.2) is 17.5 Å². The van der Waals surface area contributed by atoms with E-state index in [2.05, 4.69) is 15.6 Å². The molecule has 5 nitrogen and oxygen atoms in total. The predicted molar refractivity (Wildman–Crippen MR) is 109 cm³/mol. The van der Waals surface area contributed by atoms with Crippen molar-refractivity contribution in [3.63, 3.8) is 0 Å². The SMILES string of the molecule is CCOc1ccccc1NC(=O)c1ccc(NCc2ccc(Cl)cc2)cn1. The molecule has 0 aliphatic rings. The molecule has 2 N–H and O–H groups in total. The van der Waals surface area contributed by atoms with Crippen molar-refractivity contribution >= 4 is 28.9 Å². The van der Waals surface area contributed by atoms with Gasteiger partial charge in [-0.25, -0.2) is 4.98 Å². The summed E-state index contributed by atoms with van der Waals surface area (Å²) in [6.45, 7) is 3.07. The summed E-state index contributed by atoms with van der Waals surface area (Å²) in [6.07, 6.45) is 1.64. The van der Waals surface area contributed by atoms with Crippen LogP contribution in [0.2, 0.25) is 5.02 Å². The summed E-state index contributed by atoms with van der Waals surface area (Å²) in [5.41, 5.74) is 2.89. The third-order valence-electron chi connectivity index (χ3n) is 3.84. The molecule has 0 aliphatic carbocycles. The van der Waals surface area contributed by atoms with Gasteiger partial charge in [0.15, 0.2) is 0 Å². The molecule has 0 radical (unpaired) electrons. The molecule has 0 unspecified atom stereocenters. The van der Waals surface area contributed by atoms with Gasteiger partial charge in [-0.3, -0.25) is 4.79 Å². The topological polar surface area (TPSA) is 63.2 Å². The zero-order valence-electron chi connectivity index (χ0n) is 14.9. The van der Waals surface area contributed by atoms with Gasteiger partial charge in [0.25, 0.3) is 5.91 Å². The largest absolute Gasteiger partial charge is 0.492 e. The van der Waals surface area contributed by atoms with Gasteiger partial charge < -0.3 is 15.4 Å². The van der Waals surface area contributed by atoms with Crippen molar-refractivity contribution < 1.29 is 9.53 Å². The first-order chi connectivity index (χ1) is 13.2. The number of halogens is 1. The van der Waals surface area contributed by atoms with E-state index in [0.29, 0.717) is 35.3 Å². The van der Waals surface area contributed by atoms with Crippen molar-refractivity contribution in [1.82, 2.24) is 4.98 Å². The van der Waals surface area contributed by atoms with Gasteiger partial charge in [-0.1, -0.05) is 35.9 Å². The lowest BCUT2D eigenvalue weighted by Crippen LogP contribution is -2.14. The van der Waals surface area contributed by atoms with Gasteiger partial charge in [-0.15, -0.1) is 0 Å². The minimum absolute atomic E-state index is 0.286. The maximum Gasteiger partial charge on any atom is 0.274 e. The van der Waals surface area contributed by atoms with Gasteiger partial charge in [0.1, 0.15) is 11.4 Å². The zero-order chi connectivity index (χ0) is 19.1.